The zero-order chi connectivity index (χ0) is 7.98. The van der Waals surface area contributed by atoms with E-state index in [2.05, 4.69) is 6.58 Å². The van der Waals surface area contributed by atoms with E-state index in [-0.39, 0.29) is 0 Å². The van der Waals surface area contributed by atoms with E-state index in [9.17, 15) is 0 Å². The largest absolute Gasteiger partial charge is 0.405 e. The molecule has 0 heterocycles. The number of hydrogen-bond donors (Lipinski definition) is 1. The Morgan fingerprint density at radius 3 is 2.70 bits per heavy atom. The molecule has 0 aromatic rings. The van der Waals surface area contributed by atoms with Crippen molar-refractivity contribution < 1.29 is 0 Å². The lowest BCUT2D eigenvalue weighted by molar-refractivity contribution is 1.37. The van der Waals surface area contributed by atoms with Crippen LogP contribution >= 0.6 is 11.6 Å². The first kappa shape index (κ1) is 9.31. The minimum absolute atomic E-state index is 0.473. The van der Waals surface area contributed by atoms with Crippen LogP contribution in [0.25, 0.3) is 0 Å². The Balaban J connectivity index is 4.05. The first-order chi connectivity index (χ1) is 4.72. The molecule has 10 heavy (non-hydrogen) atoms. The first-order valence-electron chi connectivity index (χ1n) is 3.01. The third kappa shape index (κ3) is 3.36. The lowest BCUT2D eigenvalue weighted by Gasteiger charge is -1.97. The Morgan fingerprint density at radius 1 is 1.70 bits per heavy atom. The van der Waals surface area contributed by atoms with Crippen LogP contribution in [0, 0.1) is 0 Å². The molecule has 0 amide bonds. The van der Waals surface area contributed by atoms with Gasteiger partial charge in [0.25, 0.3) is 0 Å². The minimum atomic E-state index is 0.473. The number of halogens is 1. The monoisotopic (exact) mass is 157 g/mol. The summed E-state index contributed by atoms with van der Waals surface area (Å²) in [6, 6.07) is 0. The molecule has 0 unspecified atom stereocenters. The minimum Gasteiger partial charge on any atom is -0.405 e. The Bertz CT molecular complexity index is 168. The summed E-state index contributed by atoms with van der Waals surface area (Å²) in [7, 11) is 0. The van der Waals surface area contributed by atoms with Gasteiger partial charge in [-0.2, -0.15) is 0 Å². The molecule has 0 aliphatic heterocycles. The number of rotatable bonds is 3. The van der Waals surface area contributed by atoms with Gasteiger partial charge in [-0.1, -0.05) is 12.7 Å². The fourth-order valence-corrected chi connectivity index (χ4v) is 0.634. The van der Waals surface area contributed by atoms with Gasteiger partial charge in [-0.3, -0.25) is 0 Å². The van der Waals surface area contributed by atoms with Gasteiger partial charge in [0.2, 0.25) is 0 Å². The van der Waals surface area contributed by atoms with E-state index in [0.717, 1.165) is 11.1 Å². The van der Waals surface area contributed by atoms with Crippen molar-refractivity contribution in [3.05, 3.63) is 36.1 Å². The smallest absolute Gasteiger partial charge is 0.0470 e. The van der Waals surface area contributed by atoms with Gasteiger partial charge in [0, 0.05) is 5.88 Å². The number of hydrogen-bond acceptors (Lipinski definition) is 1. The van der Waals surface area contributed by atoms with Gasteiger partial charge in [0.05, 0.1) is 0 Å². The van der Waals surface area contributed by atoms with Gasteiger partial charge in [-0.05, 0) is 30.3 Å². The lowest BCUT2D eigenvalue weighted by Crippen LogP contribution is -1.83. The van der Waals surface area contributed by atoms with Crippen LogP contribution in [0.1, 0.15) is 6.92 Å². The normalized spacial score (nSPS) is 12.4. The molecule has 0 spiro atoms. The van der Waals surface area contributed by atoms with Crippen LogP contribution in [-0.2, 0) is 0 Å². The van der Waals surface area contributed by atoms with Crippen molar-refractivity contribution >= 4 is 11.6 Å². The predicted octanol–water partition coefficient (Wildman–Crippen LogP) is 2.20. The van der Waals surface area contributed by atoms with E-state index in [1.54, 1.807) is 6.08 Å². The third-order valence-corrected chi connectivity index (χ3v) is 1.50. The van der Waals surface area contributed by atoms with Gasteiger partial charge < -0.3 is 5.73 Å². The highest BCUT2D eigenvalue weighted by Crippen LogP contribution is 2.07. The van der Waals surface area contributed by atoms with E-state index in [1.165, 1.54) is 6.20 Å². The molecule has 0 saturated carbocycles. The molecule has 0 rings (SSSR count). The summed E-state index contributed by atoms with van der Waals surface area (Å²) in [5, 5.41) is 0. The molecule has 0 aliphatic carbocycles. The van der Waals surface area contributed by atoms with Crippen LogP contribution in [0.4, 0.5) is 0 Å². The van der Waals surface area contributed by atoms with Crippen molar-refractivity contribution in [2.75, 3.05) is 5.88 Å². The van der Waals surface area contributed by atoms with Crippen LogP contribution in [0.15, 0.2) is 36.1 Å². The zero-order valence-corrected chi connectivity index (χ0v) is 6.86. The molecule has 0 aliphatic rings. The van der Waals surface area contributed by atoms with Crippen LogP contribution in [0.3, 0.4) is 0 Å². The summed E-state index contributed by atoms with van der Waals surface area (Å²) in [6.45, 7) is 5.70. The Morgan fingerprint density at radius 2 is 2.30 bits per heavy atom. The quantitative estimate of drug-likeness (QED) is 0.494. The predicted molar refractivity (Wildman–Crippen MR) is 46.9 cm³/mol. The van der Waals surface area contributed by atoms with E-state index < -0.39 is 0 Å². The summed E-state index contributed by atoms with van der Waals surface area (Å²) in [4.78, 5) is 0. The summed E-state index contributed by atoms with van der Waals surface area (Å²) in [6.07, 6.45) is 5.11. The van der Waals surface area contributed by atoms with Crippen molar-refractivity contribution in [3.8, 4) is 0 Å². The van der Waals surface area contributed by atoms with Crippen molar-refractivity contribution in [1.29, 1.82) is 0 Å². The molecule has 2 heteroatoms. The van der Waals surface area contributed by atoms with Crippen molar-refractivity contribution in [2.24, 2.45) is 5.73 Å². The third-order valence-electron chi connectivity index (χ3n) is 1.18. The standard InChI is InChI=1S/C8H12ClN/c1-7(4-3-5-10)8(2)6-9/h3-5H,2,6,10H2,1H3/b5-3+,7-4+. The van der Waals surface area contributed by atoms with Crippen LogP contribution < -0.4 is 5.73 Å². The van der Waals surface area contributed by atoms with Gasteiger partial charge in [0.1, 0.15) is 0 Å². The van der Waals surface area contributed by atoms with E-state index in [1.807, 2.05) is 13.0 Å². The van der Waals surface area contributed by atoms with E-state index in [0.29, 0.717) is 5.88 Å². The fraction of sp³-hybridized carbons (Fsp3) is 0.250. The average Bonchev–Trinajstić information content (AvgIpc) is 1.98. The average molecular weight is 158 g/mol. The van der Waals surface area contributed by atoms with Gasteiger partial charge in [0.15, 0.2) is 0 Å². The Hall–Kier alpha value is -0.690. The molecule has 2 N–H and O–H groups in total. The van der Waals surface area contributed by atoms with Gasteiger partial charge in [-0.25, -0.2) is 0 Å². The van der Waals surface area contributed by atoms with Gasteiger partial charge in [-0.15, -0.1) is 11.6 Å². The Labute approximate surface area is 66.9 Å². The maximum absolute atomic E-state index is 5.53. The number of nitrogens with two attached hydrogens (primary N) is 1. The highest BCUT2D eigenvalue weighted by atomic mass is 35.5. The number of allylic oxidation sites excluding steroid dienone is 4. The molecule has 0 radical (unpaired) electrons. The number of alkyl halides is 1. The second kappa shape index (κ2) is 5.12. The van der Waals surface area contributed by atoms with Crippen LogP contribution in [0.5, 0.6) is 0 Å². The summed E-state index contributed by atoms with van der Waals surface area (Å²) < 4.78 is 0. The molecule has 0 aromatic carbocycles. The molecular weight excluding hydrogens is 146 g/mol. The van der Waals surface area contributed by atoms with E-state index >= 15 is 0 Å². The molecule has 0 atom stereocenters. The topological polar surface area (TPSA) is 26.0 Å². The summed E-state index contributed by atoms with van der Waals surface area (Å²) >= 11 is 5.53. The highest BCUT2D eigenvalue weighted by molar-refractivity contribution is 6.19. The zero-order valence-electron chi connectivity index (χ0n) is 6.10. The summed E-state index contributed by atoms with van der Waals surface area (Å²) in [5.41, 5.74) is 7.13. The second-order valence-electron chi connectivity index (χ2n) is 1.97. The van der Waals surface area contributed by atoms with Crippen molar-refractivity contribution in [1.82, 2.24) is 0 Å². The highest BCUT2D eigenvalue weighted by Gasteiger charge is 1.90. The summed E-state index contributed by atoms with van der Waals surface area (Å²) in [5.74, 6) is 0.473. The molecule has 1 nitrogen and oxygen atoms in total. The second-order valence-corrected chi connectivity index (χ2v) is 2.24. The van der Waals surface area contributed by atoms with Crippen LogP contribution in [0.2, 0.25) is 0 Å². The van der Waals surface area contributed by atoms with Crippen LogP contribution in [-0.4, -0.2) is 5.88 Å². The van der Waals surface area contributed by atoms with Gasteiger partial charge >= 0.3 is 0 Å². The molecular formula is C8H12ClN. The maximum Gasteiger partial charge on any atom is 0.0470 e. The van der Waals surface area contributed by atoms with Crippen molar-refractivity contribution in [3.63, 3.8) is 0 Å². The molecule has 0 bridgehead atoms. The molecule has 56 valence electrons. The molecule has 0 fully saturated rings. The molecule has 0 aromatic heterocycles. The molecule has 0 saturated heterocycles. The Kier molecular flexibility index (Phi) is 4.77. The fourth-order valence-electron chi connectivity index (χ4n) is 0.423. The maximum atomic E-state index is 5.53. The first-order valence-corrected chi connectivity index (χ1v) is 3.55. The van der Waals surface area contributed by atoms with Crippen molar-refractivity contribution in [2.45, 2.75) is 6.92 Å². The SMILES string of the molecule is C=C(CCl)/C(C)=C/C=C/N. The lowest BCUT2D eigenvalue weighted by atomic mass is 10.1. The van der Waals surface area contributed by atoms with E-state index in [4.69, 9.17) is 17.3 Å².